The molecule has 0 atom stereocenters. The summed E-state index contributed by atoms with van der Waals surface area (Å²) in [5.41, 5.74) is 2.34. The molecule has 8 heteroatoms. The van der Waals surface area contributed by atoms with Crippen molar-refractivity contribution in [1.82, 2.24) is 5.43 Å². The first-order valence-electron chi connectivity index (χ1n) is 7.26. The van der Waals surface area contributed by atoms with Gasteiger partial charge in [0.15, 0.2) is 0 Å². The Labute approximate surface area is 142 Å². The lowest BCUT2D eigenvalue weighted by molar-refractivity contribution is -0.137. The number of rotatable bonds is 6. The predicted molar refractivity (Wildman–Crippen MR) is 88.7 cm³/mol. The molecule has 2 rings (SSSR count). The molecular weight excluding hydrogens is 335 g/mol. The summed E-state index contributed by atoms with van der Waals surface area (Å²) in [5, 5.41) is 6.54. The molecule has 0 heterocycles. The van der Waals surface area contributed by atoms with E-state index in [2.05, 4.69) is 15.8 Å². The minimum atomic E-state index is -4.42. The van der Waals surface area contributed by atoms with Crippen LogP contribution in [0.4, 0.5) is 18.9 Å². The second-order valence-corrected chi connectivity index (χ2v) is 4.97. The summed E-state index contributed by atoms with van der Waals surface area (Å²) < 4.78 is 43.0. The van der Waals surface area contributed by atoms with Crippen LogP contribution in [0.1, 0.15) is 11.1 Å². The van der Waals surface area contributed by atoms with E-state index in [9.17, 15) is 18.0 Å². The summed E-state index contributed by atoms with van der Waals surface area (Å²) in [4.78, 5) is 11.7. The molecule has 1 amide bonds. The van der Waals surface area contributed by atoms with Crippen molar-refractivity contribution in [3.8, 4) is 5.75 Å². The van der Waals surface area contributed by atoms with E-state index in [0.717, 1.165) is 18.3 Å². The number of anilines is 1. The van der Waals surface area contributed by atoms with E-state index in [4.69, 9.17) is 4.74 Å². The van der Waals surface area contributed by atoms with E-state index in [1.807, 2.05) is 0 Å². The van der Waals surface area contributed by atoms with Gasteiger partial charge in [-0.1, -0.05) is 24.3 Å². The molecule has 0 aliphatic heterocycles. The van der Waals surface area contributed by atoms with E-state index >= 15 is 0 Å². The highest BCUT2D eigenvalue weighted by molar-refractivity contribution is 5.84. The molecule has 2 aromatic carbocycles. The molecule has 0 saturated heterocycles. The van der Waals surface area contributed by atoms with Gasteiger partial charge < -0.3 is 10.1 Å². The van der Waals surface area contributed by atoms with E-state index in [1.165, 1.54) is 19.2 Å². The second kappa shape index (κ2) is 8.18. The van der Waals surface area contributed by atoms with Gasteiger partial charge in [-0.05, 0) is 29.8 Å². The highest BCUT2D eigenvalue weighted by atomic mass is 19.4. The molecule has 0 fully saturated rings. The van der Waals surface area contributed by atoms with Crippen LogP contribution < -0.4 is 15.5 Å². The Balaban J connectivity index is 1.88. The highest BCUT2D eigenvalue weighted by Gasteiger charge is 2.30. The fourth-order valence-corrected chi connectivity index (χ4v) is 1.98. The van der Waals surface area contributed by atoms with Crippen molar-refractivity contribution in [3.63, 3.8) is 0 Å². The Bertz CT molecular complexity index is 761. The third-order valence-electron chi connectivity index (χ3n) is 3.16. The molecule has 0 aliphatic rings. The Hall–Kier alpha value is -3.03. The van der Waals surface area contributed by atoms with Crippen molar-refractivity contribution in [3.05, 3.63) is 59.7 Å². The summed E-state index contributed by atoms with van der Waals surface area (Å²) in [6, 6.07) is 11.7. The van der Waals surface area contributed by atoms with Crippen molar-refractivity contribution in [2.75, 3.05) is 19.0 Å². The molecule has 0 spiro atoms. The van der Waals surface area contributed by atoms with Gasteiger partial charge in [0.1, 0.15) is 5.75 Å². The lowest BCUT2D eigenvalue weighted by Gasteiger charge is -2.09. The molecule has 5 nitrogen and oxygen atoms in total. The number of alkyl halides is 3. The third-order valence-corrected chi connectivity index (χ3v) is 3.16. The zero-order chi connectivity index (χ0) is 18.3. The van der Waals surface area contributed by atoms with Gasteiger partial charge in [0, 0.05) is 0 Å². The number of halogens is 3. The molecule has 0 aromatic heterocycles. The van der Waals surface area contributed by atoms with Crippen LogP contribution in [0.2, 0.25) is 0 Å². The zero-order valence-electron chi connectivity index (χ0n) is 13.3. The summed E-state index contributed by atoms with van der Waals surface area (Å²) >= 11 is 0. The second-order valence-electron chi connectivity index (χ2n) is 4.97. The first kappa shape index (κ1) is 18.3. The third kappa shape index (κ3) is 5.52. The van der Waals surface area contributed by atoms with Crippen molar-refractivity contribution < 1.29 is 22.7 Å². The number of ether oxygens (including phenoxy) is 1. The molecule has 2 N–H and O–H groups in total. The van der Waals surface area contributed by atoms with Crippen LogP contribution in [0.5, 0.6) is 5.75 Å². The fourth-order valence-electron chi connectivity index (χ4n) is 1.98. The maximum absolute atomic E-state index is 12.6. The molecule has 0 bridgehead atoms. The number of hydrazone groups is 1. The maximum Gasteiger partial charge on any atom is 0.416 e. The molecule has 132 valence electrons. The van der Waals surface area contributed by atoms with Gasteiger partial charge in [-0.25, -0.2) is 5.43 Å². The van der Waals surface area contributed by atoms with Gasteiger partial charge in [-0.2, -0.15) is 18.3 Å². The molecule has 0 radical (unpaired) electrons. The molecular formula is C17H16F3N3O2. The number of nitrogens with one attached hydrogen (secondary N) is 2. The number of hydrogen-bond acceptors (Lipinski definition) is 4. The minimum absolute atomic E-state index is 0.0691. The van der Waals surface area contributed by atoms with Gasteiger partial charge in [0.2, 0.25) is 0 Å². The number of amides is 1. The van der Waals surface area contributed by atoms with Crippen LogP contribution >= 0.6 is 0 Å². The van der Waals surface area contributed by atoms with Crippen molar-refractivity contribution in [1.29, 1.82) is 0 Å². The van der Waals surface area contributed by atoms with Crippen LogP contribution in [-0.2, 0) is 11.0 Å². The molecule has 0 saturated carbocycles. The Morgan fingerprint density at radius 3 is 2.68 bits per heavy atom. The summed E-state index contributed by atoms with van der Waals surface area (Å²) in [6.45, 7) is -0.0691. The van der Waals surface area contributed by atoms with E-state index in [-0.39, 0.29) is 12.1 Å². The lowest BCUT2D eigenvalue weighted by atomic mass is 10.1. The Kier molecular flexibility index (Phi) is 5.99. The van der Waals surface area contributed by atoms with Crippen LogP contribution in [0.3, 0.4) is 0 Å². The SMILES string of the molecule is COc1ccccc1NCC(=O)N/N=C/c1cccc(C(F)(F)F)c1. The fraction of sp³-hybridized carbons (Fsp3) is 0.176. The van der Waals surface area contributed by atoms with Crippen molar-refractivity contribution >= 4 is 17.8 Å². The summed E-state index contributed by atoms with van der Waals surface area (Å²) in [7, 11) is 1.51. The van der Waals surface area contributed by atoms with Gasteiger partial charge in [0.25, 0.3) is 5.91 Å². The number of nitrogens with zero attached hydrogens (tertiary/aromatic N) is 1. The van der Waals surface area contributed by atoms with Gasteiger partial charge in [-0.3, -0.25) is 4.79 Å². The van der Waals surface area contributed by atoms with Crippen molar-refractivity contribution in [2.45, 2.75) is 6.18 Å². The largest absolute Gasteiger partial charge is 0.495 e. The normalized spacial score (nSPS) is 11.4. The average molecular weight is 351 g/mol. The van der Waals surface area contributed by atoms with Crippen LogP contribution in [-0.4, -0.2) is 25.8 Å². The molecule has 2 aromatic rings. The summed E-state index contributed by atoms with van der Waals surface area (Å²) in [6.07, 6.45) is -3.28. The van der Waals surface area contributed by atoms with E-state index in [1.54, 1.807) is 24.3 Å². The predicted octanol–water partition coefficient (Wildman–Crippen LogP) is 3.28. The molecule has 0 aliphatic carbocycles. The van der Waals surface area contributed by atoms with Gasteiger partial charge in [-0.15, -0.1) is 0 Å². The molecule has 0 unspecified atom stereocenters. The van der Waals surface area contributed by atoms with Crippen LogP contribution in [0, 0.1) is 0 Å². The zero-order valence-corrected chi connectivity index (χ0v) is 13.3. The standard InChI is InChI=1S/C17H16F3N3O2/c1-25-15-8-3-2-7-14(15)21-11-16(24)23-22-10-12-5-4-6-13(9-12)17(18,19)20/h2-10,21H,11H2,1H3,(H,23,24)/b22-10+. The average Bonchev–Trinajstić information content (AvgIpc) is 2.59. The number of para-hydroxylation sites is 2. The maximum atomic E-state index is 12.6. The Morgan fingerprint density at radius 2 is 1.96 bits per heavy atom. The minimum Gasteiger partial charge on any atom is -0.495 e. The molecule has 25 heavy (non-hydrogen) atoms. The van der Waals surface area contributed by atoms with E-state index < -0.39 is 17.6 Å². The first-order valence-corrected chi connectivity index (χ1v) is 7.26. The van der Waals surface area contributed by atoms with Gasteiger partial charge >= 0.3 is 6.18 Å². The van der Waals surface area contributed by atoms with Crippen molar-refractivity contribution in [2.24, 2.45) is 5.10 Å². The quantitative estimate of drug-likeness (QED) is 0.620. The van der Waals surface area contributed by atoms with Gasteiger partial charge in [0.05, 0.1) is 31.1 Å². The summed E-state index contributed by atoms with van der Waals surface area (Å²) in [5.74, 6) is 0.136. The first-order chi connectivity index (χ1) is 11.9. The van der Waals surface area contributed by atoms with E-state index in [0.29, 0.717) is 11.4 Å². The topological polar surface area (TPSA) is 62.7 Å². The number of methoxy groups -OCH3 is 1. The monoisotopic (exact) mass is 351 g/mol. The highest BCUT2D eigenvalue weighted by Crippen LogP contribution is 2.29. The smallest absolute Gasteiger partial charge is 0.416 e. The Morgan fingerprint density at radius 1 is 1.20 bits per heavy atom. The lowest BCUT2D eigenvalue weighted by Crippen LogP contribution is -2.26. The number of benzene rings is 2. The number of carbonyl (C=O) groups excluding carboxylic acids is 1. The van der Waals surface area contributed by atoms with Crippen LogP contribution in [0.15, 0.2) is 53.6 Å². The number of carbonyl (C=O) groups is 1. The van der Waals surface area contributed by atoms with Crippen LogP contribution in [0.25, 0.3) is 0 Å². The number of hydrogen-bond donors (Lipinski definition) is 2.